The summed E-state index contributed by atoms with van der Waals surface area (Å²) in [5.41, 5.74) is 0. The van der Waals surface area contributed by atoms with Gasteiger partial charge < -0.3 is 0 Å². The molecule has 2 atom stereocenters. The maximum absolute atomic E-state index is 10.4. The minimum Gasteiger partial charge on any atom is -0.234 e. The van der Waals surface area contributed by atoms with Gasteiger partial charge in [0.2, 0.25) is 0 Å². The van der Waals surface area contributed by atoms with E-state index in [-0.39, 0.29) is 5.01 Å². The van der Waals surface area contributed by atoms with Gasteiger partial charge in [0.1, 0.15) is 0 Å². The highest BCUT2D eigenvalue weighted by molar-refractivity contribution is 4.91. The Balaban J connectivity index is 3.16. The van der Waals surface area contributed by atoms with E-state index in [1.165, 1.54) is 0 Å². The van der Waals surface area contributed by atoms with E-state index in [2.05, 4.69) is 0 Å². The van der Waals surface area contributed by atoms with Gasteiger partial charge in [-0.25, -0.2) is 10.1 Å². The molecule has 1 rings (SSSR count). The summed E-state index contributed by atoms with van der Waals surface area (Å²) in [4.78, 5) is 10.4. The van der Waals surface area contributed by atoms with Gasteiger partial charge in [-0.2, -0.15) is 0 Å². The molecule has 0 saturated carbocycles. The summed E-state index contributed by atoms with van der Waals surface area (Å²) in [5, 5.41) is 9.71. The van der Waals surface area contributed by atoms with E-state index >= 15 is 0 Å². The summed E-state index contributed by atoms with van der Waals surface area (Å²) in [5.74, 6) is 0. The van der Waals surface area contributed by atoms with E-state index < -0.39 is 29.7 Å². The van der Waals surface area contributed by atoms with Gasteiger partial charge >= 0.3 is 0 Å². The molecule has 0 aromatic rings. The van der Waals surface area contributed by atoms with Gasteiger partial charge in [0.25, 0.3) is 0 Å². The zero-order valence-corrected chi connectivity index (χ0v) is 4.79. The van der Waals surface area contributed by atoms with Crippen LogP contribution >= 0.6 is 0 Å². The number of hydrogen-bond acceptors (Lipinski definition) is 2. The molecule has 0 spiro atoms. The van der Waals surface area contributed by atoms with Crippen molar-refractivity contribution in [3.8, 4) is 0 Å². The lowest BCUT2D eigenvalue weighted by molar-refractivity contribution is -0.645. The lowest BCUT2D eigenvalue weighted by Gasteiger charge is -2.09. The van der Waals surface area contributed by atoms with Crippen LogP contribution in [0, 0.1) is 10.1 Å². The highest BCUT2D eigenvalue weighted by atomic mass is 16.7. The Morgan fingerprint density at radius 2 is 3.00 bits per heavy atom. The Kier molecular flexibility index (Phi) is 0.610. The zero-order chi connectivity index (χ0) is 10.4. The van der Waals surface area contributed by atoms with Crippen molar-refractivity contribution >= 4 is 0 Å². The van der Waals surface area contributed by atoms with Crippen LogP contribution in [-0.2, 0) is 0 Å². The second kappa shape index (κ2) is 2.05. The van der Waals surface area contributed by atoms with Crippen molar-refractivity contribution in [2.45, 2.75) is 19.3 Å². The quantitative estimate of drug-likeness (QED) is 0.391. The van der Waals surface area contributed by atoms with Crippen molar-refractivity contribution < 1.29 is 10.5 Å². The monoisotopic (exact) mass is 132 g/mol. The number of nitrogens with zero attached hydrogens (tertiary/aromatic N) is 2. The third kappa shape index (κ3) is 1.01. The van der Waals surface area contributed by atoms with Crippen LogP contribution in [0.4, 0.5) is 0 Å². The molecule has 0 amide bonds. The SMILES string of the molecule is [2H]C1=C([2H])N([N+](=O)[O-])C([2H])(C)C1[2H]. The maximum atomic E-state index is 10.4. The Labute approximate surface area is 58.5 Å². The molecule has 0 bridgehead atoms. The molecule has 2 unspecified atom stereocenters. The molecule has 50 valence electrons. The third-order valence-electron chi connectivity index (χ3n) is 0.949. The average molecular weight is 132 g/mol. The van der Waals surface area contributed by atoms with Crippen molar-refractivity contribution in [2.75, 3.05) is 0 Å². The summed E-state index contributed by atoms with van der Waals surface area (Å²) >= 11 is 0. The fourth-order valence-electron chi connectivity index (χ4n) is 0.517. The van der Waals surface area contributed by atoms with Gasteiger partial charge in [0, 0.05) is 1.37 Å². The predicted molar refractivity (Wildman–Crippen MR) is 32.1 cm³/mol. The van der Waals surface area contributed by atoms with E-state index in [1.807, 2.05) is 0 Å². The molecule has 0 aromatic carbocycles. The minimum atomic E-state index is -1.86. The predicted octanol–water partition coefficient (Wildman–Crippen LogP) is 0.786. The highest BCUT2D eigenvalue weighted by Crippen LogP contribution is 2.12. The molecule has 9 heavy (non-hydrogen) atoms. The van der Waals surface area contributed by atoms with E-state index in [0.29, 0.717) is 0 Å². The van der Waals surface area contributed by atoms with E-state index in [4.69, 9.17) is 5.48 Å². The van der Waals surface area contributed by atoms with E-state index in [1.54, 1.807) is 0 Å². The van der Waals surface area contributed by atoms with Crippen LogP contribution in [0.5, 0.6) is 0 Å². The second-order valence-corrected chi connectivity index (χ2v) is 1.59. The smallest absolute Gasteiger partial charge is 0.164 e. The van der Waals surface area contributed by atoms with Crippen LogP contribution in [0.1, 0.15) is 18.8 Å². The van der Waals surface area contributed by atoms with Gasteiger partial charge in [0.05, 0.1) is 16.3 Å². The fourth-order valence-corrected chi connectivity index (χ4v) is 0.517. The second-order valence-electron chi connectivity index (χ2n) is 1.59. The molecule has 1 aliphatic heterocycles. The van der Waals surface area contributed by atoms with Crippen LogP contribution in [0.15, 0.2) is 12.2 Å². The molecule has 0 aromatic heterocycles. The van der Waals surface area contributed by atoms with Crippen LogP contribution in [0.2, 0.25) is 0 Å². The van der Waals surface area contributed by atoms with Crippen molar-refractivity contribution in [3.63, 3.8) is 0 Å². The molecule has 1 aliphatic rings. The first-order valence-electron chi connectivity index (χ1n) is 4.42. The van der Waals surface area contributed by atoms with Crippen LogP contribution in [-0.4, -0.2) is 16.1 Å². The van der Waals surface area contributed by atoms with Crippen LogP contribution in [0.3, 0.4) is 0 Å². The number of hydrazine groups is 1. The first-order chi connectivity index (χ1) is 5.80. The summed E-state index contributed by atoms with van der Waals surface area (Å²) in [7, 11) is 0. The van der Waals surface area contributed by atoms with E-state index in [0.717, 1.165) is 6.92 Å². The Morgan fingerprint density at radius 3 is 3.22 bits per heavy atom. The number of nitro groups is 1. The highest BCUT2D eigenvalue weighted by Gasteiger charge is 2.22. The van der Waals surface area contributed by atoms with Gasteiger partial charge in [-0.05, 0) is 13.3 Å². The number of rotatable bonds is 1. The minimum absolute atomic E-state index is 0.229. The summed E-state index contributed by atoms with van der Waals surface area (Å²) in [6.07, 6.45) is -2.05. The zero-order valence-electron chi connectivity index (χ0n) is 8.79. The lowest BCUT2D eigenvalue weighted by atomic mass is 10.3. The lowest BCUT2D eigenvalue weighted by Crippen LogP contribution is -2.29. The first-order valence-corrected chi connectivity index (χ1v) is 2.34. The molecule has 4 heteroatoms. The molecule has 0 aliphatic carbocycles. The van der Waals surface area contributed by atoms with Crippen molar-refractivity contribution in [2.24, 2.45) is 0 Å². The standard InChI is InChI=1S/C5H8N2O2/c1-5-3-2-4-6(5)7(8)9/h2,4-5H,3H2,1H3/i2D,3D,4D,5D. The maximum Gasteiger partial charge on any atom is 0.164 e. The Morgan fingerprint density at radius 1 is 2.33 bits per heavy atom. The topological polar surface area (TPSA) is 46.4 Å². The van der Waals surface area contributed by atoms with E-state index in [9.17, 15) is 10.1 Å². The van der Waals surface area contributed by atoms with Gasteiger partial charge in [0.15, 0.2) is 5.03 Å². The van der Waals surface area contributed by atoms with Crippen molar-refractivity contribution in [3.05, 3.63) is 22.3 Å². The fraction of sp³-hybridized carbons (Fsp3) is 0.600. The normalized spacial score (nSPS) is 49.9. The Bertz CT molecular complexity index is 290. The van der Waals surface area contributed by atoms with Crippen molar-refractivity contribution in [1.82, 2.24) is 5.01 Å². The van der Waals surface area contributed by atoms with Crippen LogP contribution < -0.4 is 0 Å². The van der Waals surface area contributed by atoms with Gasteiger partial charge in [-0.1, -0.05) is 6.05 Å². The molecular weight excluding hydrogens is 120 g/mol. The Hall–Kier alpha value is -1.06. The largest absolute Gasteiger partial charge is 0.234 e. The van der Waals surface area contributed by atoms with Crippen molar-refractivity contribution in [1.29, 1.82) is 0 Å². The summed E-state index contributed by atoms with van der Waals surface area (Å²) in [6, 6.07) is -2.35. The summed E-state index contributed by atoms with van der Waals surface area (Å²) in [6.45, 7) is 1.14. The molecule has 0 saturated heterocycles. The molecular formula is C5H8N2O2. The van der Waals surface area contributed by atoms with Crippen LogP contribution in [0.25, 0.3) is 0 Å². The van der Waals surface area contributed by atoms with Gasteiger partial charge in [-0.3, -0.25) is 0 Å². The molecule has 1 heterocycles. The summed E-state index contributed by atoms with van der Waals surface area (Å²) < 4.78 is 29.1. The van der Waals surface area contributed by atoms with Gasteiger partial charge in [-0.15, -0.1) is 5.01 Å². The average Bonchev–Trinajstić information content (AvgIpc) is 2.12. The molecule has 0 radical (unpaired) electrons. The first kappa shape index (κ1) is 2.68. The molecule has 0 fully saturated rings. The third-order valence-corrected chi connectivity index (χ3v) is 0.949. The molecule has 0 N–H and O–H groups in total. The molecule has 4 nitrogen and oxygen atoms in total. The number of hydrogen-bond donors (Lipinski definition) is 0.